The second kappa shape index (κ2) is 9.18. The van der Waals surface area contributed by atoms with E-state index in [2.05, 4.69) is 4.98 Å². The summed E-state index contributed by atoms with van der Waals surface area (Å²) < 4.78 is 7.54. The third-order valence-corrected chi connectivity index (χ3v) is 6.02. The summed E-state index contributed by atoms with van der Waals surface area (Å²) in [6, 6.07) is 10.1. The minimum Gasteiger partial charge on any atom is -0.503 e. The van der Waals surface area contributed by atoms with E-state index >= 15 is 0 Å². The molecule has 1 amide bonds. The second-order valence-corrected chi connectivity index (χ2v) is 8.08. The molecule has 0 spiro atoms. The third kappa shape index (κ3) is 4.25. The number of aryl methyl sites for hydroxylation is 1. The van der Waals surface area contributed by atoms with E-state index in [0.29, 0.717) is 36.7 Å². The van der Waals surface area contributed by atoms with Crippen LogP contribution in [0.5, 0.6) is 5.75 Å². The molecule has 0 saturated heterocycles. The van der Waals surface area contributed by atoms with Crippen molar-refractivity contribution in [3.63, 3.8) is 0 Å². The minimum atomic E-state index is -0.676. The Morgan fingerprint density at radius 2 is 2.13 bits per heavy atom. The molecule has 1 aliphatic heterocycles. The summed E-state index contributed by atoms with van der Waals surface area (Å²) in [5.41, 5.74) is 0.842. The van der Waals surface area contributed by atoms with Crippen LogP contribution < -0.4 is 4.74 Å². The highest BCUT2D eigenvalue weighted by Gasteiger charge is 2.43. The number of ether oxygens (including phenoxy) is 1. The van der Waals surface area contributed by atoms with Crippen LogP contribution >= 0.6 is 11.3 Å². The van der Waals surface area contributed by atoms with Gasteiger partial charge in [0.15, 0.2) is 5.76 Å². The highest BCUT2D eigenvalue weighted by atomic mass is 32.1. The summed E-state index contributed by atoms with van der Waals surface area (Å²) in [5, 5.41) is 12.5. The lowest BCUT2D eigenvalue weighted by Crippen LogP contribution is -2.32. The summed E-state index contributed by atoms with van der Waals surface area (Å²) in [6.07, 6.45) is 5.93. The van der Waals surface area contributed by atoms with Gasteiger partial charge in [-0.1, -0.05) is 18.2 Å². The first-order valence-corrected chi connectivity index (χ1v) is 11.0. The molecule has 0 unspecified atom stereocenters. The second-order valence-electron chi connectivity index (χ2n) is 7.13. The first-order valence-electron chi connectivity index (χ1n) is 10.1. The standard InChI is InChI=1S/C23H23N3O4S/c1-2-30-17-7-3-6-16(14-17)20-19(21(27)18-8-4-13-31-18)22(28)23(29)26(20)11-5-10-25-12-9-24-15-25/h3-4,6-9,12-15,20,28H,2,5,10-11H2,1H3/t20-/m1/s1. The molecule has 1 atom stereocenters. The number of benzene rings is 1. The maximum absolute atomic E-state index is 13.2. The van der Waals surface area contributed by atoms with Crippen LogP contribution in [-0.2, 0) is 11.3 Å². The Labute approximate surface area is 184 Å². The lowest BCUT2D eigenvalue weighted by molar-refractivity contribution is -0.129. The zero-order chi connectivity index (χ0) is 21.8. The molecule has 2 aromatic heterocycles. The monoisotopic (exact) mass is 437 g/mol. The fourth-order valence-corrected chi connectivity index (χ4v) is 4.46. The number of hydrogen-bond donors (Lipinski definition) is 1. The maximum Gasteiger partial charge on any atom is 0.290 e. The van der Waals surface area contributed by atoms with Crippen molar-refractivity contribution in [1.82, 2.24) is 14.5 Å². The molecule has 0 fully saturated rings. The highest BCUT2D eigenvalue weighted by Crippen LogP contribution is 2.40. The van der Waals surface area contributed by atoms with Crippen molar-refractivity contribution in [2.24, 2.45) is 0 Å². The largest absolute Gasteiger partial charge is 0.503 e. The van der Waals surface area contributed by atoms with Crippen LogP contribution in [0.4, 0.5) is 0 Å². The maximum atomic E-state index is 13.2. The lowest BCUT2D eigenvalue weighted by atomic mass is 9.95. The zero-order valence-corrected chi connectivity index (χ0v) is 17.9. The first-order chi connectivity index (χ1) is 15.1. The van der Waals surface area contributed by atoms with Gasteiger partial charge in [-0.2, -0.15) is 0 Å². The van der Waals surface area contributed by atoms with Crippen LogP contribution in [0, 0.1) is 0 Å². The molecule has 4 rings (SSSR count). The number of hydrogen-bond acceptors (Lipinski definition) is 6. The van der Waals surface area contributed by atoms with Crippen molar-refractivity contribution in [2.45, 2.75) is 25.9 Å². The van der Waals surface area contributed by atoms with Crippen LogP contribution in [0.25, 0.3) is 0 Å². The fraction of sp³-hybridized carbons (Fsp3) is 0.261. The Balaban J connectivity index is 1.67. The van der Waals surface area contributed by atoms with Crippen molar-refractivity contribution in [3.8, 4) is 5.75 Å². The zero-order valence-electron chi connectivity index (χ0n) is 17.1. The molecule has 8 heteroatoms. The summed E-state index contributed by atoms with van der Waals surface area (Å²) in [7, 11) is 0. The number of rotatable bonds is 9. The number of carbonyl (C=O) groups is 2. The van der Waals surface area contributed by atoms with Crippen molar-refractivity contribution >= 4 is 23.0 Å². The van der Waals surface area contributed by atoms with Crippen LogP contribution in [0.1, 0.15) is 34.6 Å². The molecule has 1 aliphatic rings. The average Bonchev–Trinajstić information content (AvgIpc) is 3.52. The number of aromatic nitrogens is 2. The van der Waals surface area contributed by atoms with E-state index in [1.54, 1.807) is 34.9 Å². The number of imidazole rings is 1. The Hall–Kier alpha value is -3.39. The number of nitrogens with zero attached hydrogens (tertiary/aromatic N) is 3. The van der Waals surface area contributed by atoms with Crippen LogP contribution in [0.3, 0.4) is 0 Å². The summed E-state index contributed by atoms with van der Waals surface area (Å²) in [5.74, 6) is -0.685. The molecule has 31 heavy (non-hydrogen) atoms. The van der Waals surface area contributed by atoms with Crippen molar-refractivity contribution in [1.29, 1.82) is 0 Å². The molecular weight excluding hydrogens is 414 g/mol. The quantitative estimate of drug-likeness (QED) is 0.511. The van der Waals surface area contributed by atoms with E-state index in [4.69, 9.17) is 4.74 Å². The normalized spacial score (nSPS) is 16.2. The van der Waals surface area contributed by atoms with Gasteiger partial charge < -0.3 is 19.3 Å². The summed E-state index contributed by atoms with van der Waals surface area (Å²) >= 11 is 1.29. The summed E-state index contributed by atoms with van der Waals surface area (Å²) in [4.78, 5) is 32.3. The van der Waals surface area contributed by atoms with Crippen molar-refractivity contribution < 1.29 is 19.4 Å². The van der Waals surface area contributed by atoms with E-state index in [0.717, 1.165) is 5.56 Å². The number of ketones is 1. The number of carbonyl (C=O) groups excluding carboxylic acids is 2. The SMILES string of the molecule is CCOc1cccc([C@@H]2C(C(=O)c3cccs3)=C(O)C(=O)N2CCCn2ccnc2)c1. The molecule has 1 N–H and O–H groups in total. The predicted molar refractivity (Wildman–Crippen MR) is 117 cm³/mol. The third-order valence-electron chi connectivity index (χ3n) is 5.15. The van der Waals surface area contributed by atoms with Gasteiger partial charge in [0, 0.05) is 25.5 Å². The smallest absolute Gasteiger partial charge is 0.290 e. The molecule has 0 radical (unpaired) electrons. The predicted octanol–water partition coefficient (Wildman–Crippen LogP) is 4.01. The number of Topliss-reactive ketones (excluding diaryl/α,β-unsaturated/α-hetero) is 1. The minimum absolute atomic E-state index is 0.115. The average molecular weight is 438 g/mol. The molecule has 7 nitrogen and oxygen atoms in total. The van der Waals surface area contributed by atoms with Crippen molar-refractivity contribution in [3.05, 3.63) is 82.3 Å². The van der Waals surface area contributed by atoms with Gasteiger partial charge in [-0.15, -0.1) is 11.3 Å². The number of thiophene rings is 1. The lowest BCUT2D eigenvalue weighted by Gasteiger charge is -2.27. The van der Waals surface area contributed by atoms with Crippen LogP contribution in [0.15, 0.2) is 71.8 Å². The Morgan fingerprint density at radius 3 is 2.84 bits per heavy atom. The molecule has 0 saturated carbocycles. The van der Waals surface area contributed by atoms with Gasteiger partial charge in [0.05, 0.1) is 29.4 Å². The van der Waals surface area contributed by atoms with E-state index in [-0.39, 0.29) is 11.4 Å². The topological polar surface area (TPSA) is 84.7 Å². The van der Waals surface area contributed by atoms with Gasteiger partial charge in [-0.25, -0.2) is 4.98 Å². The number of aliphatic hydroxyl groups excluding tert-OH is 1. The Kier molecular flexibility index (Phi) is 6.18. The first kappa shape index (κ1) is 20.9. The van der Waals surface area contributed by atoms with Gasteiger partial charge in [0.25, 0.3) is 5.91 Å². The molecule has 0 aliphatic carbocycles. The van der Waals surface area contributed by atoms with Gasteiger partial charge in [0.1, 0.15) is 5.75 Å². The van der Waals surface area contributed by atoms with E-state index in [1.807, 2.05) is 42.0 Å². The Bertz CT molecular complexity index is 1090. The molecule has 0 bridgehead atoms. The van der Waals surface area contributed by atoms with E-state index in [1.165, 1.54) is 11.3 Å². The van der Waals surface area contributed by atoms with Crippen molar-refractivity contribution in [2.75, 3.05) is 13.2 Å². The van der Waals surface area contributed by atoms with Gasteiger partial charge in [0.2, 0.25) is 5.78 Å². The van der Waals surface area contributed by atoms with Gasteiger partial charge in [-0.05, 0) is 42.5 Å². The van der Waals surface area contributed by atoms with Gasteiger partial charge in [-0.3, -0.25) is 9.59 Å². The summed E-state index contributed by atoms with van der Waals surface area (Å²) in [6.45, 7) is 3.45. The van der Waals surface area contributed by atoms with Gasteiger partial charge >= 0.3 is 0 Å². The highest BCUT2D eigenvalue weighted by molar-refractivity contribution is 7.12. The molecule has 3 aromatic rings. The van der Waals surface area contributed by atoms with E-state index in [9.17, 15) is 14.7 Å². The number of aliphatic hydroxyl groups is 1. The molecule has 160 valence electrons. The molecular formula is C23H23N3O4S. The Morgan fingerprint density at radius 1 is 1.26 bits per heavy atom. The molecule has 3 heterocycles. The molecule has 1 aromatic carbocycles. The van der Waals surface area contributed by atoms with E-state index < -0.39 is 17.7 Å². The fourth-order valence-electron chi connectivity index (χ4n) is 3.79. The van der Waals surface area contributed by atoms with Crippen LogP contribution in [-0.4, -0.2) is 44.4 Å². The number of amides is 1. The van der Waals surface area contributed by atoms with Crippen LogP contribution in [0.2, 0.25) is 0 Å².